The van der Waals surface area contributed by atoms with Gasteiger partial charge in [0.2, 0.25) is 0 Å². The summed E-state index contributed by atoms with van der Waals surface area (Å²) in [5.41, 5.74) is 3.08. The van der Waals surface area contributed by atoms with E-state index in [2.05, 4.69) is 52.2 Å². The predicted octanol–water partition coefficient (Wildman–Crippen LogP) is 4.19. The van der Waals surface area contributed by atoms with Crippen molar-refractivity contribution in [3.05, 3.63) is 23.0 Å². The number of carbonyl (C=O) groups is 1. The van der Waals surface area contributed by atoms with Gasteiger partial charge in [0.15, 0.2) is 5.65 Å². The monoisotopic (exact) mass is 443 g/mol. The normalized spacial score (nSPS) is 19.6. The third-order valence-electron chi connectivity index (χ3n) is 5.41. The molecule has 29 heavy (non-hydrogen) atoms. The van der Waals surface area contributed by atoms with Gasteiger partial charge in [-0.1, -0.05) is 20.8 Å². The Hall–Kier alpha value is -1.37. The van der Waals surface area contributed by atoms with Gasteiger partial charge in [0, 0.05) is 11.7 Å². The number of carbonyl (C=O) groups excluding carboxylic acids is 1. The Morgan fingerprint density at radius 1 is 1.31 bits per heavy atom. The van der Waals surface area contributed by atoms with Gasteiger partial charge in [-0.05, 0) is 65.1 Å². The second-order valence-electron chi connectivity index (χ2n) is 9.17. The van der Waals surface area contributed by atoms with E-state index in [4.69, 9.17) is 10.1 Å². The van der Waals surface area contributed by atoms with E-state index >= 15 is 0 Å². The van der Waals surface area contributed by atoms with Crippen molar-refractivity contribution in [1.82, 2.24) is 25.4 Å². The zero-order valence-electron chi connectivity index (χ0n) is 18.5. The van der Waals surface area contributed by atoms with Gasteiger partial charge in [0.1, 0.15) is 0 Å². The Morgan fingerprint density at radius 3 is 2.52 bits per heavy atom. The number of hydrogen-bond acceptors (Lipinski definition) is 4. The molecule has 2 N–H and O–H groups in total. The first kappa shape index (κ1) is 25.7. The Balaban J connectivity index is 0.00000210. The van der Waals surface area contributed by atoms with Crippen molar-refractivity contribution >= 4 is 41.8 Å². The average molecular weight is 444 g/mol. The van der Waals surface area contributed by atoms with Crippen LogP contribution in [0.3, 0.4) is 0 Å². The Labute approximate surface area is 186 Å². The molecule has 1 fully saturated rings. The lowest BCUT2D eigenvalue weighted by atomic mass is 9.94. The molecule has 3 heterocycles. The minimum atomic E-state index is -0.202. The fourth-order valence-corrected chi connectivity index (χ4v) is 3.73. The summed E-state index contributed by atoms with van der Waals surface area (Å²) in [4.78, 5) is 18.1. The second-order valence-corrected chi connectivity index (χ2v) is 9.17. The maximum Gasteiger partial charge on any atom is 0.252 e. The summed E-state index contributed by atoms with van der Waals surface area (Å²) in [7, 11) is 0. The predicted molar refractivity (Wildman–Crippen MR) is 124 cm³/mol. The van der Waals surface area contributed by atoms with Crippen molar-refractivity contribution in [2.24, 2.45) is 5.92 Å². The van der Waals surface area contributed by atoms with E-state index in [1.807, 2.05) is 17.7 Å². The van der Waals surface area contributed by atoms with Crippen LogP contribution in [-0.2, 0) is 5.54 Å². The Morgan fingerprint density at radius 2 is 1.97 bits per heavy atom. The highest BCUT2D eigenvalue weighted by atomic mass is 35.5. The van der Waals surface area contributed by atoms with Gasteiger partial charge in [-0.3, -0.25) is 4.79 Å². The van der Waals surface area contributed by atoms with E-state index < -0.39 is 0 Å². The fourth-order valence-electron chi connectivity index (χ4n) is 3.73. The SMILES string of the molecule is Cc1nn(C(C)(C)C)c2nc(C(C)C)cc(C(=O)NC3CCNCC3C)c12.Cl.Cl. The number of aryl methyl sites for hydroxylation is 1. The third kappa shape index (κ3) is 5.22. The fraction of sp³-hybridized carbons (Fsp3) is 0.667. The number of pyridine rings is 1. The molecule has 164 valence electrons. The van der Waals surface area contributed by atoms with Crippen LogP contribution >= 0.6 is 24.8 Å². The number of rotatable bonds is 3. The van der Waals surface area contributed by atoms with E-state index in [1.165, 1.54) is 0 Å². The van der Waals surface area contributed by atoms with E-state index in [0.29, 0.717) is 11.5 Å². The summed E-state index contributed by atoms with van der Waals surface area (Å²) < 4.78 is 1.95. The van der Waals surface area contributed by atoms with Crippen molar-refractivity contribution in [2.45, 2.75) is 72.4 Å². The summed E-state index contributed by atoms with van der Waals surface area (Å²) in [6.07, 6.45) is 0.957. The molecule has 0 radical (unpaired) electrons. The summed E-state index contributed by atoms with van der Waals surface area (Å²) >= 11 is 0. The van der Waals surface area contributed by atoms with E-state index in [1.54, 1.807) is 0 Å². The molecule has 0 spiro atoms. The lowest BCUT2D eigenvalue weighted by Gasteiger charge is -2.30. The van der Waals surface area contributed by atoms with Crippen molar-refractivity contribution in [1.29, 1.82) is 0 Å². The summed E-state index contributed by atoms with van der Waals surface area (Å²) in [5, 5.41) is 12.3. The number of nitrogens with zero attached hydrogens (tertiary/aromatic N) is 3. The summed E-state index contributed by atoms with van der Waals surface area (Å²) in [6, 6.07) is 2.15. The number of piperidine rings is 1. The van der Waals surface area contributed by atoms with Gasteiger partial charge >= 0.3 is 0 Å². The van der Waals surface area contributed by atoms with Gasteiger partial charge in [-0.25, -0.2) is 9.67 Å². The highest BCUT2D eigenvalue weighted by molar-refractivity contribution is 6.06. The number of hydrogen-bond donors (Lipinski definition) is 2. The number of fused-ring (bicyclic) bond motifs is 1. The minimum Gasteiger partial charge on any atom is -0.349 e. The first-order valence-electron chi connectivity index (χ1n) is 10.0. The molecule has 2 aromatic rings. The van der Waals surface area contributed by atoms with Gasteiger partial charge < -0.3 is 10.6 Å². The largest absolute Gasteiger partial charge is 0.349 e. The number of halogens is 2. The van der Waals surface area contributed by atoms with Crippen LogP contribution in [0.15, 0.2) is 6.07 Å². The molecule has 8 heteroatoms. The molecule has 0 saturated carbocycles. The minimum absolute atomic E-state index is 0. The Kier molecular flexibility index (Phi) is 8.52. The molecule has 3 rings (SSSR count). The first-order chi connectivity index (χ1) is 12.6. The molecule has 0 aromatic carbocycles. The van der Waals surface area contributed by atoms with Crippen LogP contribution in [0.2, 0.25) is 0 Å². The van der Waals surface area contributed by atoms with Gasteiger partial charge in [-0.2, -0.15) is 5.10 Å². The van der Waals surface area contributed by atoms with Crippen LogP contribution in [0.25, 0.3) is 11.0 Å². The van der Waals surface area contributed by atoms with E-state index in [-0.39, 0.29) is 48.2 Å². The van der Waals surface area contributed by atoms with E-state index in [9.17, 15) is 4.79 Å². The standard InChI is InChI=1S/C21H33N5O.2ClH/c1-12(2)17-10-15(20(27)24-16-8-9-22-11-13(16)3)18-14(4)25-26(19(18)23-17)21(5,6)7;;/h10,12-13,16,22H,8-9,11H2,1-7H3,(H,24,27);2*1H. The molecule has 1 aliphatic heterocycles. The molecule has 1 saturated heterocycles. The second kappa shape index (κ2) is 9.63. The molecule has 2 atom stereocenters. The summed E-state index contributed by atoms with van der Waals surface area (Å²) in [5.74, 6) is 0.644. The topological polar surface area (TPSA) is 71.8 Å². The van der Waals surface area contributed by atoms with Crippen LogP contribution in [0.5, 0.6) is 0 Å². The van der Waals surface area contributed by atoms with Crippen molar-refractivity contribution in [3.63, 3.8) is 0 Å². The van der Waals surface area contributed by atoms with Gasteiger partial charge in [0.25, 0.3) is 5.91 Å². The molecule has 6 nitrogen and oxygen atoms in total. The lowest BCUT2D eigenvalue weighted by molar-refractivity contribution is 0.0915. The summed E-state index contributed by atoms with van der Waals surface area (Å²) in [6.45, 7) is 16.6. The van der Waals surface area contributed by atoms with Crippen LogP contribution < -0.4 is 10.6 Å². The maximum atomic E-state index is 13.3. The van der Waals surface area contributed by atoms with Crippen LogP contribution in [0, 0.1) is 12.8 Å². The molecule has 1 aliphatic rings. The van der Waals surface area contributed by atoms with E-state index in [0.717, 1.165) is 41.9 Å². The average Bonchev–Trinajstić information content (AvgIpc) is 2.93. The number of aromatic nitrogens is 3. The van der Waals surface area contributed by atoms with Crippen molar-refractivity contribution < 1.29 is 4.79 Å². The van der Waals surface area contributed by atoms with Crippen LogP contribution in [0.4, 0.5) is 0 Å². The molecule has 1 amide bonds. The molecular weight excluding hydrogens is 409 g/mol. The van der Waals surface area contributed by atoms with Crippen LogP contribution in [0.1, 0.15) is 75.6 Å². The Bertz CT molecular complexity index is 857. The van der Waals surface area contributed by atoms with Crippen molar-refractivity contribution in [3.8, 4) is 0 Å². The first-order valence-corrected chi connectivity index (χ1v) is 10.0. The third-order valence-corrected chi connectivity index (χ3v) is 5.41. The van der Waals surface area contributed by atoms with Gasteiger partial charge in [0.05, 0.1) is 22.2 Å². The quantitative estimate of drug-likeness (QED) is 0.745. The molecule has 2 unspecified atom stereocenters. The number of amides is 1. The highest BCUT2D eigenvalue weighted by Gasteiger charge is 2.28. The maximum absolute atomic E-state index is 13.3. The number of nitrogens with one attached hydrogen (secondary N) is 2. The van der Waals surface area contributed by atoms with Crippen LogP contribution in [-0.4, -0.2) is 39.8 Å². The zero-order chi connectivity index (χ0) is 19.9. The molecule has 2 aromatic heterocycles. The molecular formula is C21H35Cl2N5O. The molecule has 0 bridgehead atoms. The smallest absolute Gasteiger partial charge is 0.252 e. The lowest BCUT2D eigenvalue weighted by Crippen LogP contribution is -2.48. The zero-order valence-corrected chi connectivity index (χ0v) is 20.1. The van der Waals surface area contributed by atoms with Crippen molar-refractivity contribution in [2.75, 3.05) is 13.1 Å². The van der Waals surface area contributed by atoms with Gasteiger partial charge in [-0.15, -0.1) is 24.8 Å². The molecule has 0 aliphatic carbocycles. The highest BCUT2D eigenvalue weighted by Crippen LogP contribution is 2.29.